The molecule has 1 heterocycles. The third-order valence-corrected chi connectivity index (χ3v) is 8.58. The van der Waals surface area contributed by atoms with E-state index in [4.69, 9.17) is 4.74 Å². The molecule has 0 N–H and O–H groups in total. The van der Waals surface area contributed by atoms with Crippen LogP contribution >= 0.6 is 0 Å². The van der Waals surface area contributed by atoms with Crippen molar-refractivity contribution in [3.8, 4) is 0 Å². The van der Waals surface area contributed by atoms with Crippen LogP contribution in [0.1, 0.15) is 18.0 Å². The van der Waals surface area contributed by atoms with Crippen LogP contribution in [0.3, 0.4) is 0 Å². The van der Waals surface area contributed by atoms with E-state index in [0.29, 0.717) is 17.7 Å². The van der Waals surface area contributed by atoms with Gasteiger partial charge in [0.2, 0.25) is 0 Å². The van der Waals surface area contributed by atoms with Crippen molar-refractivity contribution in [1.82, 2.24) is 0 Å². The summed E-state index contributed by atoms with van der Waals surface area (Å²) in [6.07, 6.45) is 0.787. The fourth-order valence-corrected chi connectivity index (χ4v) is 6.88. The molecule has 0 radical (unpaired) electrons. The summed E-state index contributed by atoms with van der Waals surface area (Å²) in [4.78, 5) is 0. The van der Waals surface area contributed by atoms with Gasteiger partial charge in [0.15, 0.2) is 0 Å². The standard InChI is InChI=1S/C18H22OSi/c1-14-17(19-14)18(15-10-6-4-7-11-15)20(2,3)16-12-8-5-9-13-16/h4-14,17-18H,1-3H3/t14-,17+,18-/m0/s1. The normalized spacial score (nSPS) is 23.4. The summed E-state index contributed by atoms with van der Waals surface area (Å²) >= 11 is 0. The minimum Gasteiger partial charge on any atom is -0.370 e. The monoisotopic (exact) mass is 282 g/mol. The number of ether oxygens (including phenoxy) is 1. The van der Waals surface area contributed by atoms with Crippen molar-refractivity contribution in [2.24, 2.45) is 0 Å². The van der Waals surface area contributed by atoms with Crippen molar-refractivity contribution in [1.29, 1.82) is 0 Å². The van der Waals surface area contributed by atoms with Crippen molar-refractivity contribution in [2.75, 3.05) is 0 Å². The van der Waals surface area contributed by atoms with Crippen LogP contribution in [0.25, 0.3) is 0 Å². The highest BCUT2D eigenvalue weighted by Gasteiger charge is 2.50. The van der Waals surface area contributed by atoms with Gasteiger partial charge in [-0.05, 0) is 12.5 Å². The second kappa shape index (κ2) is 5.19. The first-order valence-electron chi connectivity index (χ1n) is 7.36. The van der Waals surface area contributed by atoms with E-state index in [0.717, 1.165) is 0 Å². The first-order chi connectivity index (χ1) is 9.60. The molecule has 2 aromatic rings. The molecule has 2 aromatic carbocycles. The van der Waals surface area contributed by atoms with Crippen molar-refractivity contribution in [3.63, 3.8) is 0 Å². The fourth-order valence-electron chi connectivity index (χ4n) is 3.28. The van der Waals surface area contributed by atoms with Gasteiger partial charge in [-0.25, -0.2) is 0 Å². The Morgan fingerprint density at radius 3 is 1.90 bits per heavy atom. The lowest BCUT2D eigenvalue weighted by Crippen LogP contribution is -2.50. The molecule has 2 heteroatoms. The van der Waals surface area contributed by atoms with Crippen LogP contribution in [-0.4, -0.2) is 20.3 Å². The predicted molar refractivity (Wildman–Crippen MR) is 87.1 cm³/mol. The van der Waals surface area contributed by atoms with E-state index in [-0.39, 0.29) is 0 Å². The van der Waals surface area contributed by atoms with Crippen LogP contribution in [0.5, 0.6) is 0 Å². The fraction of sp³-hybridized carbons (Fsp3) is 0.333. The lowest BCUT2D eigenvalue weighted by molar-refractivity contribution is 0.372. The van der Waals surface area contributed by atoms with Gasteiger partial charge in [-0.3, -0.25) is 0 Å². The quantitative estimate of drug-likeness (QED) is 0.615. The van der Waals surface area contributed by atoms with E-state index in [9.17, 15) is 0 Å². The highest BCUT2D eigenvalue weighted by molar-refractivity contribution is 6.91. The van der Waals surface area contributed by atoms with Crippen LogP contribution in [0.4, 0.5) is 0 Å². The van der Waals surface area contributed by atoms with Crippen molar-refractivity contribution in [2.45, 2.75) is 37.8 Å². The molecule has 0 spiro atoms. The zero-order valence-corrected chi connectivity index (χ0v) is 13.4. The summed E-state index contributed by atoms with van der Waals surface area (Å²) in [6.45, 7) is 7.12. The highest BCUT2D eigenvalue weighted by Crippen LogP contribution is 2.41. The molecule has 1 fully saturated rings. The molecule has 20 heavy (non-hydrogen) atoms. The number of epoxide rings is 1. The van der Waals surface area contributed by atoms with Gasteiger partial charge in [-0.2, -0.15) is 0 Å². The molecule has 0 saturated carbocycles. The van der Waals surface area contributed by atoms with E-state index < -0.39 is 8.07 Å². The molecule has 0 aliphatic carbocycles. The van der Waals surface area contributed by atoms with Gasteiger partial charge in [0.1, 0.15) is 0 Å². The lowest BCUT2D eigenvalue weighted by atomic mass is 10.1. The summed E-state index contributed by atoms with van der Waals surface area (Å²) in [5.74, 6) is 0. The molecule has 1 aliphatic rings. The van der Waals surface area contributed by atoms with Crippen LogP contribution < -0.4 is 5.19 Å². The smallest absolute Gasteiger partial charge is 0.0911 e. The Labute approximate surface area is 122 Å². The van der Waals surface area contributed by atoms with E-state index in [1.807, 2.05) is 0 Å². The molecule has 3 atom stereocenters. The van der Waals surface area contributed by atoms with Gasteiger partial charge >= 0.3 is 0 Å². The minimum atomic E-state index is -1.62. The Morgan fingerprint density at radius 2 is 1.40 bits per heavy atom. The van der Waals surface area contributed by atoms with E-state index in [1.54, 1.807) is 0 Å². The zero-order valence-electron chi connectivity index (χ0n) is 12.4. The average molecular weight is 282 g/mol. The Bertz CT molecular complexity index is 564. The van der Waals surface area contributed by atoms with Crippen molar-refractivity contribution < 1.29 is 4.74 Å². The van der Waals surface area contributed by atoms with Gasteiger partial charge in [0.25, 0.3) is 0 Å². The van der Waals surface area contributed by atoms with Gasteiger partial charge in [-0.1, -0.05) is 78.9 Å². The Kier molecular flexibility index (Phi) is 3.53. The molecular formula is C18H22OSi. The summed E-state index contributed by atoms with van der Waals surface area (Å²) in [7, 11) is -1.62. The summed E-state index contributed by atoms with van der Waals surface area (Å²) in [6, 6.07) is 21.9. The largest absolute Gasteiger partial charge is 0.370 e. The maximum Gasteiger partial charge on any atom is 0.0911 e. The topological polar surface area (TPSA) is 12.5 Å². The van der Waals surface area contributed by atoms with E-state index >= 15 is 0 Å². The lowest BCUT2D eigenvalue weighted by Gasteiger charge is -2.32. The zero-order chi connectivity index (χ0) is 14.2. The second-order valence-corrected chi connectivity index (χ2v) is 10.9. The summed E-state index contributed by atoms with van der Waals surface area (Å²) < 4.78 is 5.88. The van der Waals surface area contributed by atoms with Crippen molar-refractivity contribution in [3.05, 3.63) is 66.2 Å². The second-order valence-electron chi connectivity index (χ2n) is 6.28. The molecular weight excluding hydrogens is 260 g/mol. The van der Waals surface area contributed by atoms with Gasteiger partial charge in [0, 0.05) is 5.54 Å². The molecule has 0 amide bonds. The Balaban J connectivity index is 2.02. The minimum absolute atomic E-state index is 0.388. The van der Waals surface area contributed by atoms with Crippen LogP contribution in [0, 0.1) is 0 Å². The molecule has 1 aliphatic heterocycles. The van der Waals surface area contributed by atoms with Crippen molar-refractivity contribution >= 4 is 13.3 Å². The molecule has 0 unspecified atom stereocenters. The first kappa shape index (κ1) is 13.6. The number of hydrogen-bond donors (Lipinski definition) is 0. The maximum absolute atomic E-state index is 5.88. The molecule has 1 saturated heterocycles. The Hall–Kier alpha value is -1.38. The van der Waals surface area contributed by atoms with Gasteiger partial charge < -0.3 is 4.74 Å². The third kappa shape index (κ3) is 2.46. The number of hydrogen-bond acceptors (Lipinski definition) is 1. The first-order valence-corrected chi connectivity index (χ1v) is 10.4. The molecule has 3 rings (SSSR count). The average Bonchev–Trinajstić information content (AvgIpc) is 3.17. The SMILES string of the molecule is C[C@@H]1O[C@H]1[C@H](c1ccccc1)[Si](C)(C)c1ccccc1. The van der Waals surface area contributed by atoms with Crippen LogP contribution in [0.2, 0.25) is 13.1 Å². The molecule has 0 aromatic heterocycles. The Morgan fingerprint density at radius 1 is 0.900 bits per heavy atom. The van der Waals surface area contributed by atoms with Crippen LogP contribution in [-0.2, 0) is 4.74 Å². The highest BCUT2D eigenvalue weighted by atomic mass is 28.3. The van der Waals surface area contributed by atoms with Crippen LogP contribution in [0.15, 0.2) is 60.7 Å². The number of rotatable bonds is 4. The number of benzene rings is 2. The summed E-state index contributed by atoms with van der Waals surface area (Å²) in [5.41, 5.74) is 1.96. The molecule has 1 nitrogen and oxygen atoms in total. The van der Waals surface area contributed by atoms with E-state index in [1.165, 1.54) is 10.8 Å². The maximum atomic E-state index is 5.88. The van der Waals surface area contributed by atoms with Gasteiger partial charge in [0.05, 0.1) is 20.3 Å². The van der Waals surface area contributed by atoms with Gasteiger partial charge in [-0.15, -0.1) is 0 Å². The molecule has 104 valence electrons. The summed E-state index contributed by atoms with van der Waals surface area (Å²) in [5, 5.41) is 1.51. The molecule has 0 bridgehead atoms. The third-order valence-electron chi connectivity index (χ3n) is 4.54. The predicted octanol–water partition coefficient (Wildman–Crippen LogP) is 3.71. The van der Waals surface area contributed by atoms with E-state index in [2.05, 4.69) is 80.7 Å².